The quantitative estimate of drug-likeness (QED) is 0.760. The minimum absolute atomic E-state index is 0.135. The third kappa shape index (κ3) is 5.81. The van der Waals surface area contributed by atoms with Crippen LogP contribution >= 0.6 is 11.6 Å². The first kappa shape index (κ1) is 17.5. The van der Waals surface area contributed by atoms with Gasteiger partial charge in [-0.3, -0.25) is 0 Å². The van der Waals surface area contributed by atoms with Crippen LogP contribution in [-0.2, 0) is 9.84 Å². The van der Waals surface area contributed by atoms with Crippen LogP contribution in [-0.4, -0.2) is 33.0 Å². The Morgan fingerprint density at radius 3 is 2.50 bits per heavy atom. The van der Waals surface area contributed by atoms with Crippen LogP contribution in [0.5, 0.6) is 0 Å². The minimum Gasteiger partial charge on any atom is -0.316 e. The van der Waals surface area contributed by atoms with E-state index in [1.807, 2.05) is 38.1 Å². The van der Waals surface area contributed by atoms with Crippen molar-refractivity contribution < 1.29 is 8.42 Å². The smallest absolute Gasteiger partial charge is 0.150 e. The summed E-state index contributed by atoms with van der Waals surface area (Å²) < 4.78 is 23.7. The molecule has 20 heavy (non-hydrogen) atoms. The highest BCUT2D eigenvalue weighted by Crippen LogP contribution is 2.27. The lowest BCUT2D eigenvalue weighted by Crippen LogP contribution is -2.24. The first-order chi connectivity index (χ1) is 9.50. The standard InChI is InChI=1S/C15H24ClNO2S/c1-3-10-20(18,19)11-9-13(12-17-4-2)14-7-5-6-8-15(14)16/h5-8,13,17H,3-4,9-12H2,1-2H3. The molecule has 1 rings (SSSR count). The molecule has 0 aromatic heterocycles. The van der Waals surface area contributed by atoms with Crippen LogP contribution in [0.1, 0.15) is 38.2 Å². The number of sulfone groups is 1. The number of rotatable bonds is 9. The Morgan fingerprint density at radius 1 is 1.20 bits per heavy atom. The number of nitrogens with one attached hydrogen (secondary N) is 1. The molecule has 0 bridgehead atoms. The maximum atomic E-state index is 11.9. The van der Waals surface area contributed by atoms with Crippen LogP contribution < -0.4 is 5.32 Å². The van der Waals surface area contributed by atoms with Crippen molar-refractivity contribution in [3.63, 3.8) is 0 Å². The van der Waals surface area contributed by atoms with E-state index in [9.17, 15) is 8.42 Å². The molecule has 1 N–H and O–H groups in total. The Hall–Kier alpha value is -0.580. The lowest BCUT2D eigenvalue weighted by Gasteiger charge is -2.19. The summed E-state index contributed by atoms with van der Waals surface area (Å²) in [6.07, 6.45) is 1.28. The van der Waals surface area contributed by atoms with Crippen molar-refractivity contribution in [1.82, 2.24) is 5.32 Å². The summed E-state index contributed by atoms with van der Waals surface area (Å²) in [5, 5.41) is 4.00. The number of hydrogen-bond acceptors (Lipinski definition) is 3. The van der Waals surface area contributed by atoms with Crippen molar-refractivity contribution in [2.24, 2.45) is 0 Å². The van der Waals surface area contributed by atoms with E-state index in [1.54, 1.807) is 0 Å². The highest BCUT2D eigenvalue weighted by atomic mass is 35.5. The molecule has 1 aromatic carbocycles. The number of likely N-dealkylation sites (N-methyl/N-ethyl adjacent to an activating group) is 1. The number of benzene rings is 1. The van der Waals surface area contributed by atoms with Crippen molar-refractivity contribution in [3.05, 3.63) is 34.9 Å². The zero-order chi connectivity index (χ0) is 15.0. The molecule has 0 spiro atoms. The van der Waals surface area contributed by atoms with Gasteiger partial charge >= 0.3 is 0 Å². The lowest BCUT2D eigenvalue weighted by molar-refractivity contribution is 0.563. The van der Waals surface area contributed by atoms with Crippen LogP contribution in [0.15, 0.2) is 24.3 Å². The zero-order valence-corrected chi connectivity index (χ0v) is 13.8. The zero-order valence-electron chi connectivity index (χ0n) is 12.2. The van der Waals surface area contributed by atoms with E-state index in [0.717, 1.165) is 18.7 Å². The van der Waals surface area contributed by atoms with Crippen LogP contribution in [0.3, 0.4) is 0 Å². The van der Waals surface area contributed by atoms with Crippen molar-refractivity contribution in [2.75, 3.05) is 24.6 Å². The number of hydrogen-bond donors (Lipinski definition) is 1. The van der Waals surface area contributed by atoms with Gasteiger partial charge in [-0.15, -0.1) is 0 Å². The molecule has 1 aromatic rings. The van der Waals surface area contributed by atoms with Gasteiger partial charge in [-0.05, 0) is 36.9 Å². The van der Waals surface area contributed by atoms with Crippen molar-refractivity contribution >= 4 is 21.4 Å². The predicted octanol–water partition coefficient (Wildman–Crippen LogP) is 3.25. The van der Waals surface area contributed by atoms with Gasteiger partial charge in [0.2, 0.25) is 0 Å². The van der Waals surface area contributed by atoms with E-state index < -0.39 is 9.84 Å². The van der Waals surface area contributed by atoms with Gasteiger partial charge in [0.15, 0.2) is 0 Å². The van der Waals surface area contributed by atoms with Gasteiger partial charge in [0.05, 0.1) is 5.75 Å². The van der Waals surface area contributed by atoms with E-state index in [1.165, 1.54) is 0 Å². The summed E-state index contributed by atoms with van der Waals surface area (Å²) in [5.74, 6) is 0.626. The molecule has 0 amide bonds. The van der Waals surface area contributed by atoms with Crippen LogP contribution in [0, 0.1) is 0 Å². The molecule has 0 radical (unpaired) electrons. The molecule has 1 atom stereocenters. The largest absolute Gasteiger partial charge is 0.316 e. The summed E-state index contributed by atoms with van der Waals surface area (Å²) in [6.45, 7) is 5.55. The molecule has 0 saturated carbocycles. The molecule has 114 valence electrons. The number of halogens is 1. The maximum absolute atomic E-state index is 11.9. The second-order valence-electron chi connectivity index (χ2n) is 4.97. The van der Waals surface area contributed by atoms with Crippen molar-refractivity contribution in [1.29, 1.82) is 0 Å². The fourth-order valence-electron chi connectivity index (χ4n) is 2.23. The molecule has 0 fully saturated rings. The van der Waals surface area contributed by atoms with E-state index in [4.69, 9.17) is 11.6 Å². The average molecular weight is 318 g/mol. The van der Waals surface area contributed by atoms with E-state index >= 15 is 0 Å². The monoisotopic (exact) mass is 317 g/mol. The van der Waals surface area contributed by atoms with Crippen molar-refractivity contribution in [2.45, 2.75) is 32.6 Å². The Bertz CT molecular complexity index is 502. The topological polar surface area (TPSA) is 46.2 Å². The molecule has 0 heterocycles. The second-order valence-corrected chi connectivity index (χ2v) is 7.68. The van der Waals surface area contributed by atoms with E-state index in [2.05, 4.69) is 5.32 Å². The van der Waals surface area contributed by atoms with Gasteiger partial charge in [-0.1, -0.05) is 43.6 Å². The minimum atomic E-state index is -2.94. The summed E-state index contributed by atoms with van der Waals surface area (Å²) in [6, 6.07) is 7.68. The molecule has 5 heteroatoms. The van der Waals surface area contributed by atoms with Crippen LogP contribution in [0.2, 0.25) is 5.02 Å². The Labute approximate surface area is 127 Å². The van der Waals surface area contributed by atoms with E-state index in [0.29, 0.717) is 17.9 Å². The second kappa shape index (κ2) is 8.65. The third-order valence-electron chi connectivity index (χ3n) is 3.28. The summed E-state index contributed by atoms with van der Waals surface area (Å²) >= 11 is 6.23. The molecule has 0 saturated heterocycles. The van der Waals surface area contributed by atoms with Gasteiger partial charge in [0.25, 0.3) is 0 Å². The first-order valence-corrected chi connectivity index (χ1v) is 9.35. The average Bonchev–Trinajstić information content (AvgIpc) is 2.40. The van der Waals surface area contributed by atoms with E-state index in [-0.39, 0.29) is 17.4 Å². The summed E-state index contributed by atoms with van der Waals surface area (Å²) in [4.78, 5) is 0. The fourth-order valence-corrected chi connectivity index (χ4v) is 3.99. The molecule has 0 aliphatic rings. The third-order valence-corrected chi connectivity index (χ3v) is 5.51. The SMILES string of the molecule is CCCS(=O)(=O)CCC(CNCC)c1ccccc1Cl. The molecular weight excluding hydrogens is 294 g/mol. The van der Waals surface area contributed by atoms with Crippen LogP contribution in [0.4, 0.5) is 0 Å². The Balaban J connectivity index is 2.78. The maximum Gasteiger partial charge on any atom is 0.150 e. The molecule has 0 aliphatic heterocycles. The molecule has 0 aliphatic carbocycles. The highest BCUT2D eigenvalue weighted by Gasteiger charge is 2.18. The highest BCUT2D eigenvalue weighted by molar-refractivity contribution is 7.91. The van der Waals surface area contributed by atoms with Crippen LogP contribution in [0.25, 0.3) is 0 Å². The first-order valence-electron chi connectivity index (χ1n) is 7.15. The summed E-state index contributed by atoms with van der Waals surface area (Å²) in [7, 11) is -2.94. The lowest BCUT2D eigenvalue weighted by atomic mass is 9.96. The van der Waals surface area contributed by atoms with Gasteiger partial charge in [-0.2, -0.15) is 0 Å². The van der Waals surface area contributed by atoms with Crippen molar-refractivity contribution in [3.8, 4) is 0 Å². The Morgan fingerprint density at radius 2 is 1.90 bits per heavy atom. The fraction of sp³-hybridized carbons (Fsp3) is 0.600. The molecular formula is C15H24ClNO2S. The normalized spacial score (nSPS) is 13.3. The van der Waals surface area contributed by atoms with Gasteiger partial charge in [0.1, 0.15) is 9.84 Å². The molecule has 3 nitrogen and oxygen atoms in total. The van der Waals surface area contributed by atoms with Gasteiger partial charge in [-0.25, -0.2) is 8.42 Å². The van der Waals surface area contributed by atoms with Gasteiger partial charge < -0.3 is 5.32 Å². The summed E-state index contributed by atoms with van der Waals surface area (Å²) in [5.41, 5.74) is 1.03. The predicted molar refractivity (Wildman–Crippen MR) is 86.3 cm³/mol. The Kier molecular flexibility index (Phi) is 7.56. The van der Waals surface area contributed by atoms with Gasteiger partial charge in [0, 0.05) is 17.3 Å². The molecule has 1 unspecified atom stereocenters.